The molecule has 0 aliphatic heterocycles. The summed E-state index contributed by atoms with van der Waals surface area (Å²) in [5, 5.41) is 2.92. The standard InChI is InChI=1S/C14H26N4O/c1-10(9-18-7-6-16-11(18)2)8-17-13(19)12(15)14(3,4)5/h6-7,10,12H,8-9,15H2,1-5H3,(H,17,19)/t10?,12-/m1/s1. The molecule has 0 saturated heterocycles. The number of amides is 1. The predicted octanol–water partition coefficient (Wildman–Crippen LogP) is 1.32. The molecule has 1 heterocycles. The van der Waals surface area contributed by atoms with Gasteiger partial charge in [0.25, 0.3) is 0 Å². The zero-order valence-corrected chi connectivity index (χ0v) is 12.6. The van der Waals surface area contributed by atoms with Crippen LogP contribution in [0, 0.1) is 18.3 Å². The van der Waals surface area contributed by atoms with Gasteiger partial charge in [0.05, 0.1) is 6.04 Å². The first kappa shape index (κ1) is 15.7. The van der Waals surface area contributed by atoms with Crippen molar-refractivity contribution in [3.8, 4) is 0 Å². The van der Waals surface area contributed by atoms with Gasteiger partial charge in [0.2, 0.25) is 5.91 Å². The van der Waals surface area contributed by atoms with Crippen LogP contribution in [0.5, 0.6) is 0 Å². The number of rotatable bonds is 5. The maximum Gasteiger partial charge on any atom is 0.237 e. The van der Waals surface area contributed by atoms with Crippen LogP contribution in [0.15, 0.2) is 12.4 Å². The summed E-state index contributed by atoms with van der Waals surface area (Å²) < 4.78 is 2.08. The van der Waals surface area contributed by atoms with Gasteiger partial charge in [-0.3, -0.25) is 4.79 Å². The fourth-order valence-electron chi connectivity index (χ4n) is 1.78. The van der Waals surface area contributed by atoms with E-state index < -0.39 is 6.04 Å². The first-order valence-electron chi connectivity index (χ1n) is 6.73. The topological polar surface area (TPSA) is 72.9 Å². The van der Waals surface area contributed by atoms with Gasteiger partial charge in [0.1, 0.15) is 5.82 Å². The Labute approximate surface area is 115 Å². The lowest BCUT2D eigenvalue weighted by Crippen LogP contribution is -2.49. The highest BCUT2D eigenvalue weighted by atomic mass is 16.2. The normalized spacial score (nSPS) is 15.1. The molecule has 0 aliphatic carbocycles. The summed E-state index contributed by atoms with van der Waals surface area (Å²) in [6.45, 7) is 11.4. The Balaban J connectivity index is 2.40. The predicted molar refractivity (Wildman–Crippen MR) is 76.6 cm³/mol. The molecular weight excluding hydrogens is 240 g/mol. The number of aromatic nitrogens is 2. The average Bonchev–Trinajstić information content (AvgIpc) is 2.70. The lowest BCUT2D eigenvalue weighted by Gasteiger charge is -2.26. The van der Waals surface area contributed by atoms with Crippen molar-refractivity contribution in [1.82, 2.24) is 14.9 Å². The first-order valence-corrected chi connectivity index (χ1v) is 6.73. The molecule has 0 saturated carbocycles. The highest BCUT2D eigenvalue weighted by Crippen LogP contribution is 2.17. The average molecular weight is 266 g/mol. The van der Waals surface area contributed by atoms with E-state index in [1.54, 1.807) is 6.20 Å². The van der Waals surface area contributed by atoms with Gasteiger partial charge in [-0.2, -0.15) is 0 Å². The van der Waals surface area contributed by atoms with Gasteiger partial charge < -0.3 is 15.6 Å². The van der Waals surface area contributed by atoms with E-state index in [4.69, 9.17) is 5.73 Å². The third-order valence-electron chi connectivity index (χ3n) is 3.27. The van der Waals surface area contributed by atoms with Gasteiger partial charge >= 0.3 is 0 Å². The summed E-state index contributed by atoms with van der Waals surface area (Å²) in [6.07, 6.45) is 3.74. The van der Waals surface area contributed by atoms with Gasteiger partial charge in [-0.15, -0.1) is 0 Å². The van der Waals surface area contributed by atoms with Gasteiger partial charge in [-0.05, 0) is 18.3 Å². The van der Waals surface area contributed by atoms with Crippen molar-refractivity contribution in [2.24, 2.45) is 17.1 Å². The molecule has 19 heavy (non-hydrogen) atoms. The molecule has 1 aromatic heterocycles. The zero-order chi connectivity index (χ0) is 14.6. The molecule has 0 aliphatic rings. The van der Waals surface area contributed by atoms with Crippen molar-refractivity contribution in [3.63, 3.8) is 0 Å². The van der Waals surface area contributed by atoms with Gasteiger partial charge in [-0.25, -0.2) is 4.98 Å². The molecular formula is C14H26N4O. The fourth-order valence-corrected chi connectivity index (χ4v) is 1.78. The summed E-state index contributed by atoms with van der Waals surface area (Å²) in [4.78, 5) is 16.1. The van der Waals surface area contributed by atoms with E-state index in [-0.39, 0.29) is 11.3 Å². The Hall–Kier alpha value is -1.36. The van der Waals surface area contributed by atoms with Crippen molar-refractivity contribution < 1.29 is 4.79 Å². The van der Waals surface area contributed by atoms with E-state index >= 15 is 0 Å². The molecule has 1 rings (SSSR count). The van der Waals surface area contributed by atoms with Crippen molar-refractivity contribution >= 4 is 5.91 Å². The number of nitrogens with two attached hydrogens (primary N) is 1. The van der Waals surface area contributed by atoms with E-state index in [2.05, 4.69) is 21.8 Å². The maximum absolute atomic E-state index is 11.9. The number of carbonyl (C=O) groups excluding carboxylic acids is 1. The largest absolute Gasteiger partial charge is 0.354 e. The summed E-state index contributed by atoms with van der Waals surface area (Å²) in [7, 11) is 0. The maximum atomic E-state index is 11.9. The number of nitrogens with zero attached hydrogens (tertiary/aromatic N) is 2. The molecule has 0 aromatic carbocycles. The lowest BCUT2D eigenvalue weighted by atomic mass is 9.87. The molecule has 2 atom stereocenters. The second kappa shape index (κ2) is 6.19. The first-order chi connectivity index (χ1) is 8.71. The quantitative estimate of drug-likeness (QED) is 0.844. The Morgan fingerprint density at radius 2 is 2.16 bits per heavy atom. The smallest absolute Gasteiger partial charge is 0.237 e. The third-order valence-corrected chi connectivity index (χ3v) is 3.27. The van der Waals surface area contributed by atoms with E-state index in [9.17, 15) is 4.79 Å². The number of imidazole rings is 1. The summed E-state index contributed by atoms with van der Waals surface area (Å²) in [6, 6.07) is -0.477. The molecule has 108 valence electrons. The molecule has 1 aromatic rings. The second-order valence-corrected chi connectivity index (χ2v) is 6.32. The zero-order valence-electron chi connectivity index (χ0n) is 12.6. The fraction of sp³-hybridized carbons (Fsp3) is 0.714. The van der Waals surface area contributed by atoms with Crippen molar-refractivity contribution in [2.45, 2.75) is 47.2 Å². The van der Waals surface area contributed by atoms with E-state index in [1.165, 1.54) is 0 Å². The lowest BCUT2D eigenvalue weighted by molar-refractivity contribution is -0.124. The third kappa shape index (κ3) is 4.67. The van der Waals surface area contributed by atoms with Crippen molar-refractivity contribution in [3.05, 3.63) is 18.2 Å². The monoisotopic (exact) mass is 266 g/mol. The van der Waals surface area contributed by atoms with E-state index in [0.717, 1.165) is 12.4 Å². The number of hydrogen-bond donors (Lipinski definition) is 2. The van der Waals surface area contributed by atoms with Crippen LogP contribution in [0.1, 0.15) is 33.5 Å². The molecule has 5 nitrogen and oxygen atoms in total. The molecule has 0 bridgehead atoms. The molecule has 3 N–H and O–H groups in total. The SMILES string of the molecule is Cc1nccn1CC(C)CNC(=O)[C@@H](N)C(C)(C)C. The Kier molecular flexibility index (Phi) is 5.11. The van der Waals surface area contributed by atoms with E-state index in [0.29, 0.717) is 12.5 Å². The van der Waals surface area contributed by atoms with E-state index in [1.807, 2.05) is 33.9 Å². The Morgan fingerprint density at radius 1 is 1.53 bits per heavy atom. The second-order valence-electron chi connectivity index (χ2n) is 6.32. The summed E-state index contributed by atoms with van der Waals surface area (Å²) >= 11 is 0. The minimum atomic E-state index is -0.477. The Bertz CT molecular complexity index is 419. The number of carbonyl (C=O) groups is 1. The van der Waals surface area contributed by atoms with Crippen molar-refractivity contribution in [2.75, 3.05) is 6.54 Å². The van der Waals surface area contributed by atoms with Crippen LogP contribution in [0.3, 0.4) is 0 Å². The molecule has 0 fully saturated rings. The van der Waals surface area contributed by atoms with Crippen LogP contribution in [0.4, 0.5) is 0 Å². The molecule has 0 radical (unpaired) electrons. The van der Waals surface area contributed by atoms with Gasteiger partial charge in [0, 0.05) is 25.5 Å². The highest BCUT2D eigenvalue weighted by Gasteiger charge is 2.27. The number of nitrogens with one attached hydrogen (secondary N) is 1. The summed E-state index contributed by atoms with van der Waals surface area (Å²) in [5.74, 6) is 1.25. The van der Waals surface area contributed by atoms with Crippen molar-refractivity contribution in [1.29, 1.82) is 0 Å². The minimum Gasteiger partial charge on any atom is -0.354 e. The van der Waals surface area contributed by atoms with Crippen LogP contribution in [-0.2, 0) is 11.3 Å². The molecule has 1 amide bonds. The number of aryl methyl sites for hydroxylation is 1. The van der Waals surface area contributed by atoms with Crippen LogP contribution < -0.4 is 11.1 Å². The van der Waals surface area contributed by atoms with Crippen LogP contribution in [-0.4, -0.2) is 28.0 Å². The molecule has 5 heteroatoms. The molecule has 0 spiro atoms. The minimum absolute atomic E-state index is 0.0818. The molecule has 1 unspecified atom stereocenters. The van der Waals surface area contributed by atoms with Gasteiger partial charge in [-0.1, -0.05) is 27.7 Å². The van der Waals surface area contributed by atoms with Crippen LogP contribution >= 0.6 is 0 Å². The Morgan fingerprint density at radius 3 is 2.63 bits per heavy atom. The summed E-state index contributed by atoms with van der Waals surface area (Å²) in [5.41, 5.74) is 5.70. The number of hydrogen-bond acceptors (Lipinski definition) is 3. The highest BCUT2D eigenvalue weighted by molar-refractivity contribution is 5.82. The van der Waals surface area contributed by atoms with Gasteiger partial charge in [0.15, 0.2) is 0 Å². The van der Waals surface area contributed by atoms with Crippen LogP contribution in [0.25, 0.3) is 0 Å². The van der Waals surface area contributed by atoms with Crippen LogP contribution in [0.2, 0.25) is 0 Å².